The predicted molar refractivity (Wildman–Crippen MR) is 53.8 cm³/mol. The van der Waals surface area contributed by atoms with E-state index < -0.39 is 37.1 Å². The highest BCUT2D eigenvalue weighted by atomic mass is 19.4. The van der Waals surface area contributed by atoms with E-state index in [1.165, 1.54) is 0 Å². The van der Waals surface area contributed by atoms with Crippen LogP contribution in [-0.2, 0) is 4.79 Å². The number of carbonyl (C=O) groups is 2. The molecule has 0 aromatic carbocycles. The van der Waals surface area contributed by atoms with Gasteiger partial charge < -0.3 is 10.0 Å². The van der Waals surface area contributed by atoms with Crippen LogP contribution in [0.5, 0.6) is 0 Å². The van der Waals surface area contributed by atoms with Crippen LogP contribution in [0.15, 0.2) is 18.3 Å². The molecule has 19 heavy (non-hydrogen) atoms. The third-order valence-corrected chi connectivity index (χ3v) is 1.96. The van der Waals surface area contributed by atoms with Gasteiger partial charge >= 0.3 is 12.1 Å². The number of carboxylic acids is 1. The van der Waals surface area contributed by atoms with Crippen molar-refractivity contribution >= 4 is 11.9 Å². The Morgan fingerprint density at radius 3 is 2.37 bits per heavy atom. The van der Waals surface area contributed by atoms with Gasteiger partial charge in [0.1, 0.15) is 13.1 Å². The molecule has 0 spiro atoms. The molecule has 0 fully saturated rings. The third-order valence-electron chi connectivity index (χ3n) is 1.96. The SMILES string of the molecule is O=C(O)CN(CC(F)(F)F)C(=O)c1ccc(F)nc1. The zero-order chi connectivity index (χ0) is 14.6. The molecule has 0 aliphatic heterocycles. The standard InChI is InChI=1S/C10H8F4N2O3/c11-7-2-1-6(3-15-7)9(19)16(4-8(17)18)5-10(12,13)14/h1-3H,4-5H2,(H,17,18). The number of pyridine rings is 1. The largest absolute Gasteiger partial charge is 0.480 e. The summed E-state index contributed by atoms with van der Waals surface area (Å²) in [5, 5.41) is 8.48. The van der Waals surface area contributed by atoms with Crippen molar-refractivity contribution in [2.45, 2.75) is 6.18 Å². The Morgan fingerprint density at radius 1 is 1.32 bits per heavy atom. The summed E-state index contributed by atoms with van der Waals surface area (Å²) >= 11 is 0. The average Bonchev–Trinajstić information content (AvgIpc) is 2.25. The van der Waals surface area contributed by atoms with Gasteiger partial charge in [-0.05, 0) is 12.1 Å². The summed E-state index contributed by atoms with van der Waals surface area (Å²) in [6, 6.07) is 1.72. The number of carboxylic acid groups (broad SMARTS) is 1. The van der Waals surface area contributed by atoms with E-state index in [0.717, 1.165) is 18.3 Å². The summed E-state index contributed by atoms with van der Waals surface area (Å²) in [5.41, 5.74) is -0.327. The monoisotopic (exact) mass is 280 g/mol. The maximum absolute atomic E-state index is 12.5. The minimum Gasteiger partial charge on any atom is -0.480 e. The van der Waals surface area contributed by atoms with Crippen LogP contribution < -0.4 is 0 Å². The molecule has 0 bridgehead atoms. The van der Waals surface area contributed by atoms with E-state index >= 15 is 0 Å². The molecule has 0 radical (unpaired) electrons. The molecule has 1 aromatic heterocycles. The van der Waals surface area contributed by atoms with Crippen molar-refractivity contribution in [1.82, 2.24) is 9.88 Å². The van der Waals surface area contributed by atoms with Crippen molar-refractivity contribution in [3.8, 4) is 0 Å². The molecule has 0 unspecified atom stereocenters. The van der Waals surface area contributed by atoms with Gasteiger partial charge in [-0.2, -0.15) is 17.6 Å². The second kappa shape index (κ2) is 5.63. The summed E-state index contributed by atoms with van der Waals surface area (Å²) < 4.78 is 49.2. The Hall–Kier alpha value is -2.19. The number of carbonyl (C=O) groups excluding carboxylic acids is 1. The van der Waals surface area contributed by atoms with Crippen LogP contribution in [0.1, 0.15) is 10.4 Å². The maximum atomic E-state index is 12.5. The van der Waals surface area contributed by atoms with E-state index in [-0.39, 0.29) is 10.5 Å². The topological polar surface area (TPSA) is 70.5 Å². The molecule has 0 saturated carbocycles. The molecule has 0 saturated heterocycles. The molecule has 1 heterocycles. The van der Waals surface area contributed by atoms with Gasteiger partial charge in [-0.3, -0.25) is 9.59 Å². The normalized spacial score (nSPS) is 11.2. The number of nitrogens with zero attached hydrogens (tertiary/aromatic N) is 2. The number of alkyl halides is 3. The zero-order valence-corrected chi connectivity index (χ0v) is 9.32. The fraction of sp³-hybridized carbons (Fsp3) is 0.300. The molecule has 104 valence electrons. The minimum atomic E-state index is -4.74. The second-order valence-corrected chi connectivity index (χ2v) is 3.54. The van der Waals surface area contributed by atoms with Gasteiger partial charge in [0.2, 0.25) is 5.95 Å². The molecule has 1 aromatic rings. The summed E-state index contributed by atoms with van der Waals surface area (Å²) in [6.07, 6.45) is -4.00. The van der Waals surface area contributed by atoms with Gasteiger partial charge in [0.25, 0.3) is 5.91 Å². The lowest BCUT2D eigenvalue weighted by atomic mass is 10.2. The predicted octanol–water partition coefficient (Wildman–Crippen LogP) is 1.31. The van der Waals surface area contributed by atoms with Crippen LogP contribution in [0, 0.1) is 5.95 Å². The van der Waals surface area contributed by atoms with Crippen molar-refractivity contribution in [2.24, 2.45) is 0 Å². The van der Waals surface area contributed by atoms with E-state index in [2.05, 4.69) is 4.98 Å². The van der Waals surface area contributed by atoms with Crippen LogP contribution >= 0.6 is 0 Å². The second-order valence-electron chi connectivity index (χ2n) is 3.54. The van der Waals surface area contributed by atoms with Crippen LogP contribution in [0.2, 0.25) is 0 Å². The van der Waals surface area contributed by atoms with Gasteiger partial charge in [0.15, 0.2) is 0 Å². The third kappa shape index (κ3) is 4.90. The Morgan fingerprint density at radius 2 is 1.95 bits per heavy atom. The molecule has 1 rings (SSSR count). The zero-order valence-electron chi connectivity index (χ0n) is 9.32. The van der Waals surface area contributed by atoms with Crippen molar-refractivity contribution < 1.29 is 32.3 Å². The lowest BCUT2D eigenvalue weighted by Crippen LogP contribution is -2.42. The first-order chi connectivity index (χ1) is 8.69. The fourth-order valence-corrected chi connectivity index (χ4v) is 1.26. The molecular formula is C10H8F4N2O3. The van der Waals surface area contributed by atoms with Crippen molar-refractivity contribution in [2.75, 3.05) is 13.1 Å². The van der Waals surface area contributed by atoms with Gasteiger partial charge in [-0.1, -0.05) is 0 Å². The highest BCUT2D eigenvalue weighted by Crippen LogP contribution is 2.18. The first-order valence-corrected chi connectivity index (χ1v) is 4.88. The molecule has 1 N–H and O–H groups in total. The highest BCUT2D eigenvalue weighted by molar-refractivity contribution is 5.95. The number of hydrogen-bond donors (Lipinski definition) is 1. The van der Waals surface area contributed by atoms with Gasteiger partial charge in [-0.25, -0.2) is 4.98 Å². The molecule has 0 aliphatic carbocycles. The molecule has 0 aliphatic rings. The highest BCUT2D eigenvalue weighted by Gasteiger charge is 2.34. The van der Waals surface area contributed by atoms with Gasteiger partial charge in [-0.15, -0.1) is 0 Å². The first-order valence-electron chi connectivity index (χ1n) is 4.88. The van der Waals surface area contributed by atoms with E-state index in [4.69, 9.17) is 5.11 Å². The molecule has 0 atom stereocenters. The molecule has 1 amide bonds. The molecule has 5 nitrogen and oxygen atoms in total. The summed E-state index contributed by atoms with van der Waals surface area (Å²) in [4.78, 5) is 25.3. The van der Waals surface area contributed by atoms with Crippen LogP contribution in [0.4, 0.5) is 17.6 Å². The Bertz CT molecular complexity index is 473. The summed E-state index contributed by atoms with van der Waals surface area (Å²) in [5.74, 6) is -3.68. The molecule has 9 heteroatoms. The number of rotatable bonds is 4. The van der Waals surface area contributed by atoms with E-state index in [9.17, 15) is 27.2 Å². The number of amides is 1. The Kier molecular flexibility index (Phi) is 4.41. The van der Waals surface area contributed by atoms with Crippen molar-refractivity contribution in [3.63, 3.8) is 0 Å². The van der Waals surface area contributed by atoms with Gasteiger partial charge in [0, 0.05) is 6.20 Å². The number of hydrogen-bond acceptors (Lipinski definition) is 3. The number of aliphatic carboxylic acids is 1. The van der Waals surface area contributed by atoms with Crippen molar-refractivity contribution in [3.05, 3.63) is 29.8 Å². The fourth-order valence-electron chi connectivity index (χ4n) is 1.26. The smallest absolute Gasteiger partial charge is 0.406 e. The van der Waals surface area contributed by atoms with E-state index in [1.54, 1.807) is 0 Å². The lowest BCUT2D eigenvalue weighted by Gasteiger charge is -2.21. The maximum Gasteiger partial charge on any atom is 0.406 e. The minimum absolute atomic E-state index is 0.0945. The van der Waals surface area contributed by atoms with E-state index in [0.29, 0.717) is 0 Å². The van der Waals surface area contributed by atoms with Crippen LogP contribution in [-0.4, -0.2) is 46.1 Å². The van der Waals surface area contributed by atoms with Crippen LogP contribution in [0.3, 0.4) is 0 Å². The number of halogens is 4. The first kappa shape index (κ1) is 14.9. The Balaban J connectivity index is 2.93. The quantitative estimate of drug-likeness (QED) is 0.667. The van der Waals surface area contributed by atoms with E-state index in [1.807, 2.05) is 0 Å². The van der Waals surface area contributed by atoms with Gasteiger partial charge in [0.05, 0.1) is 5.56 Å². The number of aromatic nitrogens is 1. The summed E-state index contributed by atoms with van der Waals surface area (Å²) in [6.45, 7) is -2.83. The Labute approximate surface area is 104 Å². The van der Waals surface area contributed by atoms with Crippen LogP contribution in [0.25, 0.3) is 0 Å². The summed E-state index contributed by atoms with van der Waals surface area (Å²) in [7, 11) is 0. The molecular weight excluding hydrogens is 272 g/mol. The average molecular weight is 280 g/mol. The van der Waals surface area contributed by atoms with Crippen molar-refractivity contribution in [1.29, 1.82) is 0 Å². The lowest BCUT2D eigenvalue weighted by molar-refractivity contribution is -0.149.